The van der Waals surface area contributed by atoms with Crippen LogP contribution >= 0.6 is 11.6 Å². The molecule has 0 atom stereocenters. The molecule has 0 aliphatic carbocycles. The summed E-state index contributed by atoms with van der Waals surface area (Å²) >= 11 is 5.96. The van der Waals surface area contributed by atoms with Gasteiger partial charge in [0.2, 0.25) is 11.8 Å². The summed E-state index contributed by atoms with van der Waals surface area (Å²) in [5.74, 6) is -0.211. The summed E-state index contributed by atoms with van der Waals surface area (Å²) in [7, 11) is 0. The molecule has 0 unspecified atom stereocenters. The van der Waals surface area contributed by atoms with E-state index in [1.807, 2.05) is 48.5 Å². The van der Waals surface area contributed by atoms with Crippen molar-refractivity contribution in [3.05, 3.63) is 64.7 Å². The lowest BCUT2D eigenvalue weighted by Crippen LogP contribution is -2.45. The molecule has 144 valence electrons. The minimum Gasteiger partial charge on any atom is -0.355 e. The van der Waals surface area contributed by atoms with Crippen molar-refractivity contribution in [2.24, 2.45) is 5.41 Å². The molecule has 2 N–H and O–H groups in total. The van der Waals surface area contributed by atoms with Crippen LogP contribution in [0.25, 0.3) is 0 Å². The van der Waals surface area contributed by atoms with Gasteiger partial charge in [0.15, 0.2) is 0 Å². The predicted octanol–water partition coefficient (Wildman–Crippen LogP) is 4.79. The van der Waals surface area contributed by atoms with Gasteiger partial charge in [-0.15, -0.1) is 0 Å². The lowest BCUT2D eigenvalue weighted by Gasteiger charge is -2.23. The number of hydrogen-bond acceptors (Lipinski definition) is 2. The van der Waals surface area contributed by atoms with Crippen molar-refractivity contribution in [3.8, 4) is 0 Å². The van der Waals surface area contributed by atoms with E-state index < -0.39 is 5.41 Å². The molecular formula is C22H27ClN2O2. The maximum atomic E-state index is 12.6. The van der Waals surface area contributed by atoms with Gasteiger partial charge in [-0.25, -0.2) is 0 Å². The molecule has 27 heavy (non-hydrogen) atoms. The van der Waals surface area contributed by atoms with Crippen molar-refractivity contribution in [2.75, 3.05) is 11.9 Å². The molecule has 0 bridgehead atoms. The number of nitrogens with one attached hydrogen (secondary N) is 2. The smallest absolute Gasteiger partial charge is 0.239 e. The van der Waals surface area contributed by atoms with E-state index in [4.69, 9.17) is 11.6 Å². The van der Waals surface area contributed by atoms with Gasteiger partial charge in [0.1, 0.15) is 5.41 Å². The molecule has 0 radical (unpaired) electrons. The first-order chi connectivity index (χ1) is 12.7. The summed E-state index contributed by atoms with van der Waals surface area (Å²) in [5, 5.41) is 6.33. The van der Waals surface area contributed by atoms with E-state index in [1.54, 1.807) is 13.8 Å². The Kier molecular flexibility index (Phi) is 7.03. The third-order valence-electron chi connectivity index (χ3n) is 4.56. The highest BCUT2D eigenvalue weighted by Gasteiger charge is 2.35. The summed E-state index contributed by atoms with van der Waals surface area (Å²) in [4.78, 5) is 25.1. The van der Waals surface area contributed by atoms with Crippen LogP contribution in [0.3, 0.4) is 0 Å². The average Bonchev–Trinajstić information content (AvgIpc) is 2.62. The van der Waals surface area contributed by atoms with Crippen molar-refractivity contribution in [1.29, 1.82) is 0 Å². The van der Waals surface area contributed by atoms with Crippen LogP contribution in [0.2, 0.25) is 5.02 Å². The van der Waals surface area contributed by atoms with E-state index in [9.17, 15) is 9.59 Å². The number of anilines is 1. The lowest BCUT2D eigenvalue weighted by atomic mass is 9.90. The van der Waals surface area contributed by atoms with Gasteiger partial charge in [-0.2, -0.15) is 0 Å². The Morgan fingerprint density at radius 3 is 2.30 bits per heavy atom. The quantitative estimate of drug-likeness (QED) is 0.672. The van der Waals surface area contributed by atoms with Crippen LogP contribution in [0.4, 0.5) is 5.69 Å². The third kappa shape index (κ3) is 5.83. The zero-order valence-corrected chi connectivity index (χ0v) is 17.1. The first-order valence-corrected chi connectivity index (χ1v) is 9.52. The molecule has 0 aliphatic heterocycles. The maximum Gasteiger partial charge on any atom is 0.239 e. The van der Waals surface area contributed by atoms with Gasteiger partial charge in [0, 0.05) is 17.3 Å². The number of rotatable bonds is 7. The lowest BCUT2D eigenvalue weighted by molar-refractivity contribution is -0.138. The highest BCUT2D eigenvalue weighted by molar-refractivity contribution is 6.30. The van der Waals surface area contributed by atoms with Crippen molar-refractivity contribution in [3.63, 3.8) is 0 Å². The first-order valence-electron chi connectivity index (χ1n) is 9.14. The Labute approximate surface area is 166 Å². The van der Waals surface area contributed by atoms with Gasteiger partial charge < -0.3 is 10.6 Å². The monoisotopic (exact) mass is 386 g/mol. The fourth-order valence-corrected chi connectivity index (χ4v) is 2.79. The van der Waals surface area contributed by atoms with E-state index in [2.05, 4.69) is 24.5 Å². The van der Waals surface area contributed by atoms with Gasteiger partial charge in [0.25, 0.3) is 0 Å². The molecule has 0 fully saturated rings. The Bertz CT molecular complexity index is 798. The second-order valence-corrected chi connectivity index (χ2v) is 7.93. The van der Waals surface area contributed by atoms with Crippen molar-refractivity contribution >= 4 is 29.1 Å². The number of carbonyl (C=O) groups is 2. The van der Waals surface area contributed by atoms with Gasteiger partial charge in [-0.05, 0) is 61.6 Å². The SMILES string of the molecule is CC(C)c1ccc(NC(=O)C(C)(C)C(=O)NCCc2cccc(Cl)c2)cc1. The van der Waals surface area contributed by atoms with Crippen LogP contribution in [-0.2, 0) is 16.0 Å². The molecule has 2 aromatic rings. The topological polar surface area (TPSA) is 58.2 Å². The zero-order chi connectivity index (χ0) is 20.0. The molecule has 0 heterocycles. The fraction of sp³-hybridized carbons (Fsp3) is 0.364. The molecule has 2 amide bonds. The summed E-state index contributed by atoms with van der Waals surface area (Å²) in [6, 6.07) is 15.2. The predicted molar refractivity (Wildman–Crippen MR) is 111 cm³/mol. The van der Waals surface area contributed by atoms with E-state index in [0.29, 0.717) is 29.6 Å². The van der Waals surface area contributed by atoms with Crippen molar-refractivity contribution < 1.29 is 9.59 Å². The largest absolute Gasteiger partial charge is 0.355 e. The highest BCUT2D eigenvalue weighted by atomic mass is 35.5. The number of benzene rings is 2. The van der Waals surface area contributed by atoms with E-state index in [0.717, 1.165) is 5.56 Å². The van der Waals surface area contributed by atoms with E-state index in [1.165, 1.54) is 5.56 Å². The van der Waals surface area contributed by atoms with Crippen molar-refractivity contribution in [2.45, 2.75) is 40.0 Å². The number of amides is 2. The Morgan fingerprint density at radius 1 is 1.04 bits per heavy atom. The molecule has 0 aliphatic rings. The van der Waals surface area contributed by atoms with Crippen LogP contribution in [0.15, 0.2) is 48.5 Å². The molecular weight excluding hydrogens is 360 g/mol. The molecule has 2 rings (SSSR count). The van der Waals surface area contributed by atoms with Gasteiger partial charge in [-0.3, -0.25) is 9.59 Å². The number of carbonyl (C=O) groups excluding carboxylic acids is 2. The van der Waals surface area contributed by atoms with E-state index >= 15 is 0 Å². The highest BCUT2D eigenvalue weighted by Crippen LogP contribution is 2.21. The molecule has 0 spiro atoms. The number of hydrogen-bond donors (Lipinski definition) is 2. The van der Waals surface area contributed by atoms with Gasteiger partial charge in [-0.1, -0.05) is 49.7 Å². The minimum absolute atomic E-state index is 0.305. The maximum absolute atomic E-state index is 12.6. The average molecular weight is 387 g/mol. The van der Waals surface area contributed by atoms with Crippen LogP contribution in [0.1, 0.15) is 44.7 Å². The standard InChI is InChI=1S/C22H27ClN2O2/c1-15(2)17-8-10-19(11-9-17)25-21(27)22(3,4)20(26)24-13-12-16-6-5-7-18(23)14-16/h5-11,14-15H,12-13H2,1-4H3,(H,24,26)(H,25,27). The van der Waals surface area contributed by atoms with Gasteiger partial charge >= 0.3 is 0 Å². The summed E-state index contributed by atoms with van der Waals surface area (Å²) in [5.41, 5.74) is 1.75. The summed E-state index contributed by atoms with van der Waals surface area (Å²) in [6.45, 7) is 7.92. The van der Waals surface area contributed by atoms with Crippen LogP contribution in [-0.4, -0.2) is 18.4 Å². The third-order valence-corrected chi connectivity index (χ3v) is 4.79. The molecule has 0 aromatic heterocycles. The van der Waals surface area contributed by atoms with Crippen LogP contribution in [0, 0.1) is 5.41 Å². The fourth-order valence-electron chi connectivity index (χ4n) is 2.58. The first kappa shape index (κ1) is 21.0. The number of halogens is 1. The molecule has 0 saturated heterocycles. The molecule has 2 aromatic carbocycles. The van der Waals surface area contributed by atoms with Crippen molar-refractivity contribution in [1.82, 2.24) is 5.32 Å². The summed E-state index contributed by atoms with van der Waals surface area (Å²) in [6.07, 6.45) is 0.653. The second-order valence-electron chi connectivity index (χ2n) is 7.49. The summed E-state index contributed by atoms with van der Waals surface area (Å²) < 4.78 is 0. The minimum atomic E-state index is -1.18. The molecule has 5 heteroatoms. The van der Waals surface area contributed by atoms with Gasteiger partial charge in [0.05, 0.1) is 0 Å². The molecule has 0 saturated carbocycles. The van der Waals surface area contributed by atoms with E-state index in [-0.39, 0.29) is 11.8 Å². The Hall–Kier alpha value is -2.33. The van der Waals surface area contributed by atoms with Crippen LogP contribution in [0.5, 0.6) is 0 Å². The Balaban J connectivity index is 1.90. The normalized spacial score (nSPS) is 11.3. The Morgan fingerprint density at radius 2 is 1.70 bits per heavy atom. The molecule has 4 nitrogen and oxygen atoms in total. The van der Waals surface area contributed by atoms with Crippen LogP contribution < -0.4 is 10.6 Å². The second kappa shape index (κ2) is 9.05. The zero-order valence-electron chi connectivity index (χ0n) is 16.3.